The summed E-state index contributed by atoms with van der Waals surface area (Å²) in [7, 11) is -22.6. The Labute approximate surface area is 398 Å². The van der Waals surface area contributed by atoms with Gasteiger partial charge < -0.3 is 45.2 Å². The molecule has 6 rings (SSSR count). The van der Waals surface area contributed by atoms with Gasteiger partial charge in [0.25, 0.3) is 0 Å². The second-order valence-corrected chi connectivity index (χ2v) is 20.8. The van der Waals surface area contributed by atoms with E-state index in [0.717, 1.165) is 7.11 Å². The molecule has 3 atom stereocenters. The third-order valence-corrected chi connectivity index (χ3v) is 14.1. The first-order valence-electron chi connectivity index (χ1n) is 19.2. The fraction of sp³-hybridized carbons (Fsp3) is 0.368. The van der Waals surface area contributed by atoms with E-state index in [1.54, 1.807) is 0 Å². The van der Waals surface area contributed by atoms with Gasteiger partial charge in [-0.05, 0) is 48.2 Å². The first-order chi connectivity index (χ1) is 33.0. The second kappa shape index (κ2) is 19.0. The number of hydrogen-bond acceptors (Lipinski definition) is 18. The van der Waals surface area contributed by atoms with Crippen molar-refractivity contribution in [3.05, 3.63) is 82.4 Å². The maximum atomic E-state index is 14.0. The van der Waals surface area contributed by atoms with Gasteiger partial charge in [-0.3, -0.25) is 0 Å². The molecule has 0 aromatic heterocycles. The molecular weight excluding hydrogens is 1100 g/mol. The van der Waals surface area contributed by atoms with Crippen molar-refractivity contribution >= 4 is 40.5 Å². The highest BCUT2D eigenvalue weighted by molar-refractivity contribution is 7.88. The normalized spacial score (nSPS) is 17.8. The minimum absolute atomic E-state index is 0.00141. The third kappa shape index (κ3) is 10.8. The lowest BCUT2D eigenvalue weighted by molar-refractivity contribution is -0.0513. The van der Waals surface area contributed by atoms with E-state index in [0.29, 0.717) is 11.6 Å². The molecule has 4 aromatic rings. The molecule has 0 saturated carbocycles. The van der Waals surface area contributed by atoms with Gasteiger partial charge in [-0.25, -0.2) is 0 Å². The van der Waals surface area contributed by atoms with Crippen LogP contribution < -0.4 is 45.2 Å². The highest BCUT2D eigenvalue weighted by Gasteiger charge is 2.53. The van der Waals surface area contributed by atoms with Gasteiger partial charge >= 0.3 is 62.5 Å². The Morgan fingerprint density at radius 3 is 1.43 bits per heavy atom. The number of benzene rings is 4. The summed E-state index contributed by atoms with van der Waals surface area (Å²) in [6, 6.07) is 6.65. The summed E-state index contributed by atoms with van der Waals surface area (Å²) in [5.41, 5.74) is -26.8. The van der Waals surface area contributed by atoms with Crippen LogP contribution in [0.15, 0.2) is 54.6 Å². The second-order valence-electron chi connectivity index (χ2n) is 14.6. The number of methoxy groups -OCH3 is 4. The summed E-state index contributed by atoms with van der Waals surface area (Å²) >= 11 is 0. The summed E-state index contributed by atoms with van der Waals surface area (Å²) in [6.07, 6.45) is -3.93. The van der Waals surface area contributed by atoms with Crippen molar-refractivity contribution < 1.29 is 132 Å². The largest absolute Gasteiger partial charge is 0.534 e. The molecule has 4 aromatic carbocycles. The lowest BCUT2D eigenvalue weighted by atomic mass is 9.79. The monoisotopic (exact) mass is 1130 g/mol. The molecule has 34 heteroatoms. The number of ether oxygens (including phenoxy) is 6. The Balaban J connectivity index is 1.69. The van der Waals surface area contributed by atoms with Crippen LogP contribution in [0.5, 0.6) is 57.5 Å². The van der Waals surface area contributed by atoms with Crippen molar-refractivity contribution in [2.45, 2.75) is 59.4 Å². The molecule has 72 heavy (non-hydrogen) atoms. The number of alkyl halides is 12. The quantitative estimate of drug-likeness (QED) is 0.0618. The van der Waals surface area contributed by atoms with E-state index in [4.69, 9.17) is 28.4 Å². The van der Waals surface area contributed by atoms with Crippen LogP contribution in [0.2, 0.25) is 0 Å². The first kappa shape index (κ1) is 55.2. The van der Waals surface area contributed by atoms with Crippen molar-refractivity contribution in [1.82, 2.24) is 0 Å². The van der Waals surface area contributed by atoms with Gasteiger partial charge in [0.15, 0.2) is 28.7 Å². The summed E-state index contributed by atoms with van der Waals surface area (Å²) in [4.78, 5) is 0. The number of rotatable bonds is 15. The molecule has 0 spiro atoms. The molecule has 0 radical (unpaired) electrons. The molecule has 0 saturated heterocycles. The molecule has 2 aliphatic heterocycles. The molecule has 0 unspecified atom stereocenters. The molecule has 0 bridgehead atoms. The minimum atomic E-state index is -6.93. The highest BCUT2D eigenvalue weighted by Crippen LogP contribution is 2.58. The van der Waals surface area contributed by atoms with Crippen LogP contribution in [0, 0.1) is 0 Å². The van der Waals surface area contributed by atoms with E-state index in [1.807, 2.05) is 0 Å². The first-order valence-corrected chi connectivity index (χ1v) is 24.8. The Hall–Kier alpha value is -6.16. The number of halogens is 12. The molecule has 2 heterocycles. The molecule has 0 N–H and O–H groups in total. The van der Waals surface area contributed by atoms with E-state index >= 15 is 0 Å². The van der Waals surface area contributed by atoms with Crippen LogP contribution >= 0.6 is 0 Å². The maximum absolute atomic E-state index is 14.0. The van der Waals surface area contributed by atoms with Crippen LogP contribution in [0.3, 0.4) is 0 Å². The van der Waals surface area contributed by atoms with E-state index in [2.05, 4.69) is 16.7 Å². The topological polar surface area (TPSA) is 229 Å². The maximum Gasteiger partial charge on any atom is 0.534 e. The van der Waals surface area contributed by atoms with Gasteiger partial charge in [0.1, 0.15) is 41.0 Å². The van der Waals surface area contributed by atoms with Crippen molar-refractivity contribution in [3.8, 4) is 57.5 Å². The van der Waals surface area contributed by atoms with Gasteiger partial charge in [-0.1, -0.05) is 12.1 Å². The molecule has 398 valence electrons. The van der Waals surface area contributed by atoms with Gasteiger partial charge in [0.2, 0.25) is 0 Å². The number of hydrogen-bond donors (Lipinski definition) is 0. The van der Waals surface area contributed by atoms with Crippen LogP contribution in [0.25, 0.3) is 0 Å². The molecule has 0 aliphatic carbocycles. The fourth-order valence-electron chi connectivity index (χ4n) is 7.15. The van der Waals surface area contributed by atoms with Crippen LogP contribution in [-0.2, 0) is 46.9 Å². The van der Waals surface area contributed by atoms with Gasteiger partial charge in [0, 0.05) is 47.2 Å². The van der Waals surface area contributed by atoms with E-state index in [9.17, 15) is 86.4 Å². The fourth-order valence-corrected chi connectivity index (χ4v) is 8.99. The van der Waals surface area contributed by atoms with Crippen molar-refractivity contribution in [3.63, 3.8) is 0 Å². The average Bonchev–Trinajstić information content (AvgIpc) is 3.26. The predicted octanol–water partition coefficient (Wildman–Crippen LogP) is 8.36. The Kier molecular flexibility index (Phi) is 14.6. The average molecular weight is 1130 g/mol. The SMILES string of the molecule is COc1ccc([C@@H]2CCc3c(OC)cc(OC)c([C@@H]4C[C@@H](c5ccc(OS(=O)(=O)C(F)(F)F)c(OS(=O)(=O)C(F)(F)F)c5)Oc5cc(OS(=O)(=O)C(F)(F)F)cc(OS(=O)(=O)C(F)(F)F)c54)c3O2)cc1OC. The van der Waals surface area contributed by atoms with E-state index in [-0.39, 0.29) is 77.0 Å². The number of fused-ring (bicyclic) bond motifs is 2. The lowest BCUT2D eigenvalue weighted by Crippen LogP contribution is -2.31. The summed E-state index contributed by atoms with van der Waals surface area (Å²) in [6.45, 7) is 0. The van der Waals surface area contributed by atoms with Gasteiger partial charge in [-0.15, -0.1) is 0 Å². The molecule has 0 fully saturated rings. The van der Waals surface area contributed by atoms with Crippen LogP contribution in [0.4, 0.5) is 52.7 Å². The summed E-state index contributed by atoms with van der Waals surface area (Å²) < 4.78 is 312. The third-order valence-electron chi connectivity index (χ3n) is 10.3. The van der Waals surface area contributed by atoms with Crippen LogP contribution in [0.1, 0.15) is 58.8 Å². The molecule has 0 amide bonds. The zero-order chi connectivity index (χ0) is 53.9. The van der Waals surface area contributed by atoms with Crippen molar-refractivity contribution in [2.24, 2.45) is 0 Å². The summed E-state index contributed by atoms with van der Waals surface area (Å²) in [5, 5.41) is 0. The summed E-state index contributed by atoms with van der Waals surface area (Å²) in [5.74, 6) is -10.4. The lowest BCUT2D eigenvalue weighted by Gasteiger charge is -2.37. The smallest absolute Gasteiger partial charge is 0.496 e. The van der Waals surface area contributed by atoms with Gasteiger partial charge in [-0.2, -0.15) is 86.4 Å². The predicted molar refractivity (Wildman–Crippen MR) is 216 cm³/mol. The van der Waals surface area contributed by atoms with E-state index < -0.39 is 127 Å². The Bertz CT molecular complexity index is 3210. The zero-order valence-corrected chi connectivity index (χ0v) is 39.3. The van der Waals surface area contributed by atoms with E-state index in [1.165, 1.54) is 45.6 Å². The Morgan fingerprint density at radius 1 is 0.458 bits per heavy atom. The van der Waals surface area contributed by atoms with Crippen molar-refractivity contribution in [2.75, 3.05) is 28.4 Å². The standard InChI is InChI=1S/C38H30F12O18S4/c1-59-23-8-5-17(11-27(23)61-3)22-10-7-20-26(60-2)16-29(62-4)33(34(20)64-22)21-15-25(18-6-9-24(66-70(53,54)36(42,43)44)28(12-18)67-71(55,56)37(45,46)47)63-30-13-19(65-69(51,52)35(39,40)41)14-31(32(21)30)68-72(57,58)38(48,49)50/h5-6,8-9,11-14,16,21-22,25H,7,10,15H2,1-4H3/t21-,22+,25+/m1/s1. The van der Waals surface area contributed by atoms with Crippen LogP contribution in [-0.4, -0.2) is 84.1 Å². The molecular formula is C38H30F12O18S4. The minimum Gasteiger partial charge on any atom is -0.496 e. The van der Waals surface area contributed by atoms with Crippen molar-refractivity contribution in [1.29, 1.82) is 0 Å². The van der Waals surface area contributed by atoms with Gasteiger partial charge in [0.05, 0.1) is 28.4 Å². The zero-order valence-electron chi connectivity index (χ0n) is 36.1. The Morgan fingerprint density at radius 2 is 0.917 bits per heavy atom. The molecule has 2 aliphatic rings. The molecule has 18 nitrogen and oxygen atoms in total. The highest BCUT2D eigenvalue weighted by atomic mass is 32.2.